The molecule has 160 valence electrons. The highest BCUT2D eigenvalue weighted by Gasteiger charge is 2.12. The SMILES string of the molecule is Cc1ccc2cc3c(cc2c1)sc1cc2cc4c(cc2cc13)sc1cc2cc(C)ccc2cc14. The molecule has 0 radical (unpaired) electrons. The second-order valence-corrected chi connectivity index (χ2v) is 11.8. The van der Waals surface area contributed by atoms with Crippen molar-refractivity contribution in [2.45, 2.75) is 13.8 Å². The maximum Gasteiger partial charge on any atom is 0.0361 e. The summed E-state index contributed by atoms with van der Waals surface area (Å²) in [6, 6.07) is 32.6. The molecule has 0 amide bonds. The molecule has 0 atom stereocenters. The van der Waals surface area contributed by atoms with Crippen molar-refractivity contribution in [3.05, 3.63) is 96.1 Å². The Morgan fingerprint density at radius 1 is 0.353 bits per heavy atom. The van der Waals surface area contributed by atoms with Crippen LogP contribution in [0.4, 0.5) is 0 Å². The molecule has 0 spiro atoms. The van der Waals surface area contributed by atoms with Crippen LogP contribution >= 0.6 is 22.7 Å². The standard InChI is InChI=1S/C32H20S2/c1-17-3-5-19-9-25-27-11-23-16-32-28(12-24(23)15-31(27)33-29(25)13-21(19)7-17)26-10-20-6-4-18(2)8-22(20)14-30(26)34-32/h3-16H,1-2H3. The summed E-state index contributed by atoms with van der Waals surface area (Å²) in [5.41, 5.74) is 2.63. The van der Waals surface area contributed by atoms with Gasteiger partial charge in [0.2, 0.25) is 0 Å². The minimum atomic E-state index is 1.31. The van der Waals surface area contributed by atoms with E-state index < -0.39 is 0 Å². The molecule has 0 nitrogen and oxygen atoms in total. The third-order valence-electron chi connectivity index (χ3n) is 7.25. The van der Waals surface area contributed by atoms with Crippen LogP contribution in [0.3, 0.4) is 0 Å². The van der Waals surface area contributed by atoms with Crippen LogP contribution in [0, 0.1) is 13.8 Å². The average Bonchev–Trinajstić information content (AvgIpc) is 3.34. The van der Waals surface area contributed by atoms with Crippen molar-refractivity contribution in [1.82, 2.24) is 0 Å². The Balaban J connectivity index is 1.43. The van der Waals surface area contributed by atoms with Gasteiger partial charge in [-0.3, -0.25) is 0 Å². The van der Waals surface area contributed by atoms with E-state index in [9.17, 15) is 0 Å². The van der Waals surface area contributed by atoms with Gasteiger partial charge >= 0.3 is 0 Å². The zero-order chi connectivity index (χ0) is 22.6. The minimum Gasteiger partial charge on any atom is -0.135 e. The molecule has 2 heterocycles. The summed E-state index contributed by atoms with van der Waals surface area (Å²) >= 11 is 3.83. The fraction of sp³-hybridized carbons (Fsp3) is 0.0625. The number of aryl methyl sites for hydroxylation is 2. The van der Waals surface area contributed by atoms with Crippen LogP contribution in [0.2, 0.25) is 0 Å². The van der Waals surface area contributed by atoms with Gasteiger partial charge in [0.25, 0.3) is 0 Å². The van der Waals surface area contributed by atoms with E-state index in [2.05, 4.69) is 98.8 Å². The first-order valence-corrected chi connectivity index (χ1v) is 13.3. The highest BCUT2D eigenvalue weighted by molar-refractivity contribution is 7.26. The molecule has 0 unspecified atom stereocenters. The number of hydrogen-bond donors (Lipinski definition) is 0. The van der Waals surface area contributed by atoms with Crippen molar-refractivity contribution in [1.29, 1.82) is 0 Å². The monoisotopic (exact) mass is 468 g/mol. The Bertz CT molecular complexity index is 1980. The van der Waals surface area contributed by atoms with E-state index in [1.165, 1.54) is 83.8 Å². The van der Waals surface area contributed by atoms with Crippen molar-refractivity contribution < 1.29 is 0 Å². The van der Waals surface area contributed by atoms with Gasteiger partial charge in [0.15, 0.2) is 0 Å². The fourth-order valence-electron chi connectivity index (χ4n) is 5.52. The van der Waals surface area contributed by atoms with E-state index >= 15 is 0 Å². The molecular weight excluding hydrogens is 448 g/mol. The maximum atomic E-state index is 2.41. The Hall–Kier alpha value is -3.46. The Morgan fingerprint density at radius 3 is 1.06 bits per heavy atom. The summed E-state index contributed by atoms with van der Waals surface area (Å²) in [4.78, 5) is 0. The molecule has 8 rings (SSSR count). The Kier molecular flexibility index (Phi) is 3.65. The van der Waals surface area contributed by atoms with Crippen LogP contribution in [-0.2, 0) is 0 Å². The molecule has 6 aromatic carbocycles. The number of rotatable bonds is 0. The molecule has 0 saturated heterocycles. The van der Waals surface area contributed by atoms with Crippen molar-refractivity contribution in [2.24, 2.45) is 0 Å². The first-order valence-electron chi connectivity index (χ1n) is 11.7. The Morgan fingerprint density at radius 2 is 0.676 bits per heavy atom. The average molecular weight is 469 g/mol. The van der Waals surface area contributed by atoms with Crippen LogP contribution in [0.1, 0.15) is 11.1 Å². The van der Waals surface area contributed by atoms with E-state index in [1.54, 1.807) is 0 Å². The molecule has 2 aromatic heterocycles. The van der Waals surface area contributed by atoms with Gasteiger partial charge in [-0.2, -0.15) is 0 Å². The molecule has 2 heteroatoms. The van der Waals surface area contributed by atoms with Crippen molar-refractivity contribution in [2.75, 3.05) is 0 Å². The zero-order valence-electron chi connectivity index (χ0n) is 18.9. The van der Waals surface area contributed by atoms with Gasteiger partial charge in [0, 0.05) is 40.3 Å². The normalized spacial score (nSPS) is 12.4. The molecule has 34 heavy (non-hydrogen) atoms. The number of fused-ring (bicyclic) bond motifs is 9. The highest BCUT2D eigenvalue weighted by atomic mass is 32.1. The van der Waals surface area contributed by atoms with Gasteiger partial charge in [-0.05, 0) is 94.7 Å². The number of thiophene rings is 2. The van der Waals surface area contributed by atoms with E-state index in [-0.39, 0.29) is 0 Å². The summed E-state index contributed by atoms with van der Waals surface area (Å²) in [6.07, 6.45) is 0. The lowest BCUT2D eigenvalue weighted by atomic mass is 10.0. The molecule has 0 bridgehead atoms. The predicted octanol–water partition coefficient (Wildman–Crippen LogP) is 10.5. The third-order valence-corrected chi connectivity index (χ3v) is 9.48. The molecular formula is C32H20S2. The third kappa shape index (κ3) is 2.64. The molecule has 0 aliphatic heterocycles. The molecule has 0 aliphatic rings. The quantitative estimate of drug-likeness (QED) is 0.208. The zero-order valence-corrected chi connectivity index (χ0v) is 20.5. The summed E-state index contributed by atoms with van der Waals surface area (Å²) in [7, 11) is 0. The van der Waals surface area contributed by atoms with Gasteiger partial charge < -0.3 is 0 Å². The lowest BCUT2D eigenvalue weighted by Crippen LogP contribution is -1.77. The second kappa shape index (κ2) is 6.56. The first-order chi connectivity index (χ1) is 16.6. The summed E-state index contributed by atoms with van der Waals surface area (Å²) in [5.74, 6) is 0. The van der Waals surface area contributed by atoms with Crippen LogP contribution in [-0.4, -0.2) is 0 Å². The van der Waals surface area contributed by atoms with E-state index in [1.807, 2.05) is 22.7 Å². The van der Waals surface area contributed by atoms with Gasteiger partial charge in [-0.15, -0.1) is 22.7 Å². The topological polar surface area (TPSA) is 0 Å². The van der Waals surface area contributed by atoms with Gasteiger partial charge in [0.05, 0.1) is 0 Å². The van der Waals surface area contributed by atoms with Crippen LogP contribution in [0.15, 0.2) is 84.9 Å². The molecule has 0 fully saturated rings. The molecule has 0 saturated carbocycles. The van der Waals surface area contributed by atoms with Crippen molar-refractivity contribution in [3.8, 4) is 0 Å². The van der Waals surface area contributed by atoms with Gasteiger partial charge in [0.1, 0.15) is 0 Å². The second-order valence-electron chi connectivity index (χ2n) is 9.65. The highest BCUT2D eigenvalue weighted by Crippen LogP contribution is 2.42. The maximum absolute atomic E-state index is 2.41. The minimum absolute atomic E-state index is 1.31. The largest absolute Gasteiger partial charge is 0.135 e. The lowest BCUT2D eigenvalue weighted by molar-refractivity contribution is 1.51. The molecule has 0 N–H and O–H groups in total. The Labute approximate surface area is 204 Å². The van der Waals surface area contributed by atoms with Crippen LogP contribution < -0.4 is 0 Å². The lowest BCUT2D eigenvalue weighted by Gasteiger charge is -2.03. The van der Waals surface area contributed by atoms with Gasteiger partial charge in [-0.25, -0.2) is 0 Å². The summed E-state index contributed by atoms with van der Waals surface area (Å²) in [5, 5.41) is 13.4. The van der Waals surface area contributed by atoms with E-state index in [0.717, 1.165) is 0 Å². The van der Waals surface area contributed by atoms with Crippen LogP contribution in [0.5, 0.6) is 0 Å². The molecule has 8 aromatic rings. The summed E-state index contributed by atoms with van der Waals surface area (Å²) < 4.78 is 5.48. The summed E-state index contributed by atoms with van der Waals surface area (Å²) in [6.45, 7) is 4.33. The van der Waals surface area contributed by atoms with E-state index in [4.69, 9.17) is 0 Å². The van der Waals surface area contributed by atoms with Gasteiger partial charge in [-0.1, -0.05) is 47.5 Å². The van der Waals surface area contributed by atoms with Crippen molar-refractivity contribution in [3.63, 3.8) is 0 Å². The number of benzene rings is 6. The van der Waals surface area contributed by atoms with Crippen LogP contribution in [0.25, 0.3) is 72.7 Å². The fourth-order valence-corrected chi connectivity index (χ4v) is 7.85. The first kappa shape index (κ1) is 18.9. The van der Waals surface area contributed by atoms with Crippen molar-refractivity contribution >= 4 is 95.3 Å². The predicted molar refractivity (Wildman–Crippen MR) is 154 cm³/mol. The molecule has 0 aliphatic carbocycles. The smallest absolute Gasteiger partial charge is 0.0361 e. The van der Waals surface area contributed by atoms with E-state index in [0.29, 0.717) is 0 Å². The number of hydrogen-bond acceptors (Lipinski definition) is 2.